The molecular weight excluding hydrogens is 220 g/mol. The molecule has 1 aliphatic carbocycles. The van der Waals surface area contributed by atoms with Crippen molar-refractivity contribution in [2.45, 2.75) is 38.8 Å². The number of rotatable bonds is 6. The molecule has 2 unspecified atom stereocenters. The Morgan fingerprint density at radius 3 is 2.33 bits per heavy atom. The Bertz CT molecular complexity index is 337. The molecule has 0 aromatic rings. The third-order valence-corrected chi connectivity index (χ3v) is 3.71. The molecule has 3 N–H and O–H groups in total. The van der Waals surface area contributed by atoms with Crippen LogP contribution in [0.1, 0.15) is 26.7 Å². The standard InChI is InChI=1S/C8H16N2O4S/c1-5(8(11)12)6(2)9-15(13,14)10-7-3-4-7/h5-7,9-10H,3-4H2,1-2H3,(H,11,12). The van der Waals surface area contributed by atoms with Crippen molar-refractivity contribution in [1.29, 1.82) is 0 Å². The van der Waals surface area contributed by atoms with Crippen LogP contribution >= 0.6 is 0 Å². The van der Waals surface area contributed by atoms with Crippen molar-refractivity contribution >= 4 is 16.2 Å². The van der Waals surface area contributed by atoms with Crippen LogP contribution in [0.5, 0.6) is 0 Å². The molecule has 0 radical (unpaired) electrons. The lowest BCUT2D eigenvalue weighted by Gasteiger charge is -2.17. The zero-order valence-electron chi connectivity index (χ0n) is 8.73. The van der Waals surface area contributed by atoms with Crippen LogP contribution in [-0.4, -0.2) is 31.6 Å². The van der Waals surface area contributed by atoms with Crippen molar-refractivity contribution < 1.29 is 18.3 Å². The van der Waals surface area contributed by atoms with Gasteiger partial charge in [0.05, 0.1) is 5.92 Å². The molecule has 1 fully saturated rings. The minimum Gasteiger partial charge on any atom is -0.481 e. The van der Waals surface area contributed by atoms with Gasteiger partial charge in [0.1, 0.15) is 0 Å². The number of hydrogen-bond donors (Lipinski definition) is 3. The number of hydrogen-bond acceptors (Lipinski definition) is 3. The summed E-state index contributed by atoms with van der Waals surface area (Å²) in [6.45, 7) is 3.00. The largest absolute Gasteiger partial charge is 0.481 e. The normalized spacial score (nSPS) is 20.9. The number of aliphatic carboxylic acids is 1. The van der Waals surface area contributed by atoms with Gasteiger partial charge in [-0.25, -0.2) is 0 Å². The SMILES string of the molecule is CC(NS(=O)(=O)NC1CC1)C(C)C(=O)O. The second-order valence-corrected chi connectivity index (χ2v) is 5.41. The maximum Gasteiger partial charge on any atom is 0.307 e. The first-order valence-electron chi connectivity index (χ1n) is 4.84. The van der Waals surface area contributed by atoms with Crippen LogP contribution in [0.4, 0.5) is 0 Å². The van der Waals surface area contributed by atoms with Crippen molar-refractivity contribution in [3.05, 3.63) is 0 Å². The first-order valence-corrected chi connectivity index (χ1v) is 6.32. The van der Waals surface area contributed by atoms with Crippen LogP contribution in [0.15, 0.2) is 0 Å². The maximum absolute atomic E-state index is 11.4. The molecule has 0 aromatic carbocycles. The quantitative estimate of drug-likeness (QED) is 0.589. The zero-order chi connectivity index (χ0) is 11.6. The highest BCUT2D eigenvalue weighted by Crippen LogP contribution is 2.19. The van der Waals surface area contributed by atoms with E-state index in [9.17, 15) is 13.2 Å². The summed E-state index contributed by atoms with van der Waals surface area (Å²) in [6, 6.07) is -0.603. The van der Waals surface area contributed by atoms with Crippen molar-refractivity contribution in [1.82, 2.24) is 9.44 Å². The van der Waals surface area contributed by atoms with Crippen LogP contribution in [0.25, 0.3) is 0 Å². The maximum atomic E-state index is 11.4. The highest BCUT2D eigenvalue weighted by atomic mass is 32.2. The number of carboxylic acids is 1. The van der Waals surface area contributed by atoms with Crippen molar-refractivity contribution in [3.63, 3.8) is 0 Å². The molecule has 0 saturated heterocycles. The van der Waals surface area contributed by atoms with E-state index in [4.69, 9.17) is 5.11 Å². The fourth-order valence-electron chi connectivity index (χ4n) is 1.02. The molecule has 0 aliphatic heterocycles. The minimum atomic E-state index is -3.56. The van der Waals surface area contributed by atoms with Crippen LogP contribution in [0.2, 0.25) is 0 Å². The highest BCUT2D eigenvalue weighted by molar-refractivity contribution is 7.87. The predicted octanol–water partition coefficient (Wildman–Crippen LogP) is -0.318. The van der Waals surface area contributed by atoms with E-state index in [0.717, 1.165) is 12.8 Å². The monoisotopic (exact) mass is 236 g/mol. The average Bonchev–Trinajstić information content (AvgIpc) is 2.84. The first-order chi connectivity index (χ1) is 6.82. The van der Waals surface area contributed by atoms with Gasteiger partial charge in [0.25, 0.3) is 10.2 Å². The van der Waals surface area contributed by atoms with E-state index in [-0.39, 0.29) is 6.04 Å². The van der Waals surface area contributed by atoms with E-state index in [1.54, 1.807) is 0 Å². The highest BCUT2D eigenvalue weighted by Gasteiger charge is 2.29. The van der Waals surface area contributed by atoms with Gasteiger partial charge in [0.2, 0.25) is 0 Å². The molecule has 6 nitrogen and oxygen atoms in total. The first kappa shape index (κ1) is 12.4. The summed E-state index contributed by atoms with van der Waals surface area (Å²) in [6.07, 6.45) is 1.70. The van der Waals surface area contributed by atoms with Gasteiger partial charge >= 0.3 is 5.97 Å². The molecule has 1 aliphatic rings. The second kappa shape index (κ2) is 4.46. The van der Waals surface area contributed by atoms with Gasteiger partial charge < -0.3 is 5.11 Å². The van der Waals surface area contributed by atoms with Crippen molar-refractivity contribution in [2.24, 2.45) is 5.92 Å². The van der Waals surface area contributed by atoms with Gasteiger partial charge in [-0.3, -0.25) is 4.79 Å². The van der Waals surface area contributed by atoms with Gasteiger partial charge in [-0.1, -0.05) is 6.92 Å². The van der Waals surface area contributed by atoms with E-state index in [1.807, 2.05) is 0 Å². The Hall–Kier alpha value is -0.660. The Labute approximate surface area is 89.2 Å². The fraction of sp³-hybridized carbons (Fsp3) is 0.875. The number of nitrogens with one attached hydrogen (secondary N) is 2. The number of carboxylic acid groups (broad SMARTS) is 1. The lowest BCUT2D eigenvalue weighted by atomic mass is 10.1. The molecular formula is C8H16N2O4S. The van der Waals surface area contributed by atoms with Gasteiger partial charge in [-0.15, -0.1) is 0 Å². The van der Waals surface area contributed by atoms with Gasteiger partial charge in [0, 0.05) is 12.1 Å². The summed E-state index contributed by atoms with van der Waals surface area (Å²) in [4.78, 5) is 10.6. The van der Waals surface area contributed by atoms with E-state index in [2.05, 4.69) is 9.44 Å². The smallest absolute Gasteiger partial charge is 0.307 e. The molecule has 0 bridgehead atoms. The number of carbonyl (C=O) groups is 1. The summed E-state index contributed by atoms with van der Waals surface area (Å²) in [5.74, 6) is -1.77. The molecule has 88 valence electrons. The fourth-order valence-corrected chi connectivity index (χ4v) is 2.45. The average molecular weight is 236 g/mol. The van der Waals surface area contributed by atoms with Crippen molar-refractivity contribution in [3.8, 4) is 0 Å². The Morgan fingerprint density at radius 1 is 1.40 bits per heavy atom. The lowest BCUT2D eigenvalue weighted by molar-refractivity contribution is -0.141. The summed E-state index contributed by atoms with van der Waals surface area (Å²) in [5.41, 5.74) is 0. The van der Waals surface area contributed by atoms with Gasteiger partial charge in [-0.2, -0.15) is 17.9 Å². The summed E-state index contributed by atoms with van der Waals surface area (Å²) in [7, 11) is -3.56. The summed E-state index contributed by atoms with van der Waals surface area (Å²) in [5, 5.41) is 8.69. The third kappa shape index (κ3) is 4.15. The van der Waals surface area contributed by atoms with E-state index in [1.165, 1.54) is 13.8 Å². The topological polar surface area (TPSA) is 95.5 Å². The van der Waals surface area contributed by atoms with E-state index >= 15 is 0 Å². The Kier molecular flexibility index (Phi) is 3.69. The molecule has 7 heteroatoms. The molecule has 0 spiro atoms. The van der Waals surface area contributed by atoms with E-state index < -0.39 is 28.1 Å². The van der Waals surface area contributed by atoms with Crippen molar-refractivity contribution in [2.75, 3.05) is 0 Å². The molecule has 0 amide bonds. The summed E-state index contributed by atoms with van der Waals surface area (Å²) < 4.78 is 27.5. The van der Waals surface area contributed by atoms with Crippen LogP contribution < -0.4 is 9.44 Å². The zero-order valence-corrected chi connectivity index (χ0v) is 9.54. The lowest BCUT2D eigenvalue weighted by Crippen LogP contribution is -2.46. The molecule has 15 heavy (non-hydrogen) atoms. The predicted molar refractivity (Wildman–Crippen MR) is 54.5 cm³/mol. The molecule has 2 atom stereocenters. The minimum absolute atomic E-state index is 0.0230. The molecule has 1 saturated carbocycles. The van der Waals surface area contributed by atoms with Gasteiger partial charge in [-0.05, 0) is 19.8 Å². The van der Waals surface area contributed by atoms with Crippen LogP contribution in [0.3, 0.4) is 0 Å². The van der Waals surface area contributed by atoms with Gasteiger partial charge in [0.15, 0.2) is 0 Å². The molecule has 0 heterocycles. The molecule has 1 rings (SSSR count). The van der Waals surface area contributed by atoms with Crippen LogP contribution in [0, 0.1) is 5.92 Å². The Balaban J connectivity index is 2.48. The third-order valence-electron chi connectivity index (χ3n) is 2.38. The second-order valence-electron chi connectivity index (χ2n) is 3.93. The van der Waals surface area contributed by atoms with Crippen LogP contribution in [-0.2, 0) is 15.0 Å². The summed E-state index contributed by atoms with van der Waals surface area (Å²) >= 11 is 0. The Morgan fingerprint density at radius 2 is 1.93 bits per heavy atom. The van der Waals surface area contributed by atoms with E-state index in [0.29, 0.717) is 0 Å². The molecule has 0 aromatic heterocycles.